The summed E-state index contributed by atoms with van der Waals surface area (Å²) in [6.45, 7) is 5.27. The second kappa shape index (κ2) is 10.8. The van der Waals surface area contributed by atoms with Crippen LogP contribution < -0.4 is 9.47 Å². The number of aliphatic carboxylic acids is 1. The van der Waals surface area contributed by atoms with Crippen molar-refractivity contribution in [2.24, 2.45) is 0 Å². The lowest BCUT2D eigenvalue weighted by atomic mass is 10.1. The van der Waals surface area contributed by atoms with E-state index in [1.165, 1.54) is 0 Å². The lowest BCUT2D eigenvalue weighted by molar-refractivity contribution is -0.136. The molecular weight excluding hydrogens is 398 g/mol. The zero-order chi connectivity index (χ0) is 21.3. The number of rotatable bonds is 11. The van der Waals surface area contributed by atoms with Crippen LogP contribution in [-0.2, 0) is 4.79 Å². The van der Waals surface area contributed by atoms with Crippen LogP contribution in [0, 0.1) is 0 Å². The summed E-state index contributed by atoms with van der Waals surface area (Å²) in [5.41, 5.74) is 2.76. The summed E-state index contributed by atoms with van der Waals surface area (Å²) in [4.78, 5) is 15.9. The number of hydrogen-bond acceptors (Lipinski definition) is 5. The van der Waals surface area contributed by atoms with Crippen molar-refractivity contribution in [1.29, 1.82) is 0 Å². The monoisotopic (exact) mass is 425 g/mol. The van der Waals surface area contributed by atoms with Crippen LogP contribution >= 0.6 is 11.3 Å². The van der Waals surface area contributed by atoms with Gasteiger partial charge in [-0.25, -0.2) is 4.98 Å². The van der Waals surface area contributed by atoms with Crippen molar-refractivity contribution in [3.63, 3.8) is 0 Å². The molecule has 6 heteroatoms. The first-order valence-electron chi connectivity index (χ1n) is 10.3. The Morgan fingerprint density at radius 2 is 1.93 bits per heavy atom. The highest BCUT2D eigenvalue weighted by Gasteiger charge is 2.12. The van der Waals surface area contributed by atoms with E-state index in [4.69, 9.17) is 14.5 Å². The van der Waals surface area contributed by atoms with E-state index in [1.807, 2.05) is 55.5 Å². The molecule has 3 aromatic rings. The quantitative estimate of drug-likeness (QED) is 0.366. The summed E-state index contributed by atoms with van der Waals surface area (Å²) in [6.07, 6.45) is 4.52. The minimum absolute atomic E-state index is 0.0539. The number of allylic oxidation sites excluding steroid dienone is 1. The number of nitrogens with zero attached hydrogens (tertiary/aromatic N) is 1. The maximum Gasteiger partial charge on any atom is 0.303 e. The average molecular weight is 426 g/mol. The van der Waals surface area contributed by atoms with E-state index in [0.717, 1.165) is 45.0 Å². The summed E-state index contributed by atoms with van der Waals surface area (Å²) in [6, 6.07) is 13.8. The van der Waals surface area contributed by atoms with Gasteiger partial charge in [-0.05, 0) is 61.2 Å². The maximum atomic E-state index is 11.2. The van der Waals surface area contributed by atoms with E-state index in [2.05, 4.69) is 6.92 Å². The number of carbonyl (C=O) groups is 1. The lowest BCUT2D eigenvalue weighted by Crippen LogP contribution is -2.01. The van der Waals surface area contributed by atoms with E-state index >= 15 is 0 Å². The van der Waals surface area contributed by atoms with Gasteiger partial charge >= 0.3 is 5.97 Å². The molecule has 0 spiro atoms. The molecule has 0 aliphatic rings. The van der Waals surface area contributed by atoms with Crippen LogP contribution in [0.2, 0.25) is 0 Å². The molecule has 3 rings (SSSR count). The summed E-state index contributed by atoms with van der Waals surface area (Å²) in [5, 5.41) is 10.0. The third kappa shape index (κ3) is 5.83. The van der Waals surface area contributed by atoms with Crippen molar-refractivity contribution >= 4 is 39.2 Å². The number of benzene rings is 2. The van der Waals surface area contributed by atoms with Gasteiger partial charge in [0, 0.05) is 6.42 Å². The first kappa shape index (κ1) is 21.8. The predicted octanol–water partition coefficient (Wildman–Crippen LogP) is 6.28. The van der Waals surface area contributed by atoms with Crippen molar-refractivity contribution in [2.45, 2.75) is 39.5 Å². The molecule has 0 saturated carbocycles. The topological polar surface area (TPSA) is 68.7 Å². The molecule has 0 aliphatic heterocycles. The van der Waals surface area contributed by atoms with Gasteiger partial charge in [-0.1, -0.05) is 31.5 Å². The molecule has 0 fully saturated rings. The fraction of sp³-hybridized carbons (Fsp3) is 0.333. The first-order valence-corrected chi connectivity index (χ1v) is 11.1. The van der Waals surface area contributed by atoms with Gasteiger partial charge in [0.05, 0.1) is 23.4 Å². The molecule has 1 aromatic heterocycles. The third-order valence-electron chi connectivity index (χ3n) is 4.54. The van der Waals surface area contributed by atoms with Gasteiger partial charge in [0.25, 0.3) is 0 Å². The van der Waals surface area contributed by atoms with Crippen LogP contribution in [0.1, 0.15) is 50.1 Å². The first-order chi connectivity index (χ1) is 14.6. The number of fused-ring (bicyclic) bond motifs is 1. The van der Waals surface area contributed by atoms with Gasteiger partial charge in [0.15, 0.2) is 11.5 Å². The summed E-state index contributed by atoms with van der Waals surface area (Å²) < 4.78 is 12.7. The number of ether oxygens (including phenoxy) is 2. The average Bonchev–Trinajstić information content (AvgIpc) is 3.17. The molecular formula is C24H27NO4S. The molecule has 158 valence electrons. The number of unbranched alkanes of at least 4 members (excludes halogenated alkanes) is 1. The predicted molar refractivity (Wildman–Crippen MR) is 122 cm³/mol. The second-order valence-electron chi connectivity index (χ2n) is 6.89. The zero-order valence-electron chi connectivity index (χ0n) is 17.4. The normalized spacial score (nSPS) is 11.6. The Labute approximate surface area is 181 Å². The number of hydrogen-bond donors (Lipinski definition) is 1. The Bertz CT molecular complexity index is 992. The molecule has 2 aromatic carbocycles. The van der Waals surface area contributed by atoms with Crippen LogP contribution in [0.25, 0.3) is 21.9 Å². The number of aromatic nitrogens is 1. The molecule has 1 heterocycles. The van der Waals surface area contributed by atoms with Gasteiger partial charge in [-0.3, -0.25) is 4.79 Å². The summed E-state index contributed by atoms with van der Waals surface area (Å²) in [7, 11) is 0. The molecule has 5 nitrogen and oxygen atoms in total. The zero-order valence-corrected chi connectivity index (χ0v) is 18.2. The van der Waals surface area contributed by atoms with E-state index in [0.29, 0.717) is 25.4 Å². The molecule has 0 saturated heterocycles. The lowest BCUT2D eigenvalue weighted by Gasteiger charge is -2.13. The summed E-state index contributed by atoms with van der Waals surface area (Å²) in [5.74, 6) is 0.607. The van der Waals surface area contributed by atoms with Crippen molar-refractivity contribution in [3.05, 3.63) is 53.0 Å². The van der Waals surface area contributed by atoms with Crippen molar-refractivity contribution < 1.29 is 19.4 Å². The van der Waals surface area contributed by atoms with Crippen LogP contribution in [-0.4, -0.2) is 29.3 Å². The third-order valence-corrected chi connectivity index (χ3v) is 5.65. The van der Waals surface area contributed by atoms with Gasteiger partial charge in [0.1, 0.15) is 5.01 Å². The van der Waals surface area contributed by atoms with Crippen LogP contribution in [0.3, 0.4) is 0 Å². The van der Waals surface area contributed by atoms with Crippen LogP contribution in [0.5, 0.6) is 11.5 Å². The van der Waals surface area contributed by atoms with Gasteiger partial charge < -0.3 is 14.6 Å². The maximum absolute atomic E-state index is 11.2. The Hall–Kier alpha value is -2.86. The van der Waals surface area contributed by atoms with E-state index in [9.17, 15) is 9.90 Å². The molecule has 0 unspecified atom stereocenters. The molecule has 30 heavy (non-hydrogen) atoms. The molecule has 0 bridgehead atoms. The molecule has 0 aliphatic carbocycles. The molecule has 0 amide bonds. The van der Waals surface area contributed by atoms with Gasteiger partial charge in [-0.15, -0.1) is 11.3 Å². The highest BCUT2D eigenvalue weighted by molar-refractivity contribution is 7.19. The minimum Gasteiger partial charge on any atom is -0.490 e. The Balaban J connectivity index is 1.94. The fourth-order valence-electron chi connectivity index (χ4n) is 3.02. The van der Waals surface area contributed by atoms with Crippen molar-refractivity contribution in [1.82, 2.24) is 4.98 Å². The van der Waals surface area contributed by atoms with Crippen LogP contribution in [0.15, 0.2) is 42.5 Å². The highest BCUT2D eigenvalue weighted by atomic mass is 32.1. The second-order valence-corrected chi connectivity index (χ2v) is 7.92. The minimum atomic E-state index is -0.823. The standard InChI is InChI=1S/C24H27NO4S/c1-3-5-14-29-20-12-10-17(16-21(20)28-4-2)15-18(11-13-23(26)27)24-25-19-8-6-7-9-22(19)30-24/h6-10,12,15-16H,3-5,11,13-14H2,1-2H3,(H,26,27)/b18-15+. The Morgan fingerprint density at radius 3 is 2.67 bits per heavy atom. The highest BCUT2D eigenvalue weighted by Crippen LogP contribution is 2.34. The van der Waals surface area contributed by atoms with Crippen LogP contribution in [0.4, 0.5) is 0 Å². The smallest absolute Gasteiger partial charge is 0.303 e. The van der Waals surface area contributed by atoms with Gasteiger partial charge in [0.2, 0.25) is 0 Å². The Morgan fingerprint density at radius 1 is 1.10 bits per heavy atom. The van der Waals surface area contributed by atoms with E-state index in [1.54, 1.807) is 11.3 Å². The molecule has 1 N–H and O–H groups in total. The largest absolute Gasteiger partial charge is 0.490 e. The summed E-state index contributed by atoms with van der Waals surface area (Å²) >= 11 is 1.58. The van der Waals surface area contributed by atoms with Crippen molar-refractivity contribution in [2.75, 3.05) is 13.2 Å². The molecule has 0 radical (unpaired) electrons. The molecule has 0 atom stereocenters. The number of para-hydroxylation sites is 1. The number of carboxylic acids is 1. The van der Waals surface area contributed by atoms with Gasteiger partial charge in [-0.2, -0.15) is 0 Å². The SMILES string of the molecule is CCCCOc1ccc(/C=C(\CCC(=O)O)c2nc3ccccc3s2)cc1OCC. The van der Waals surface area contributed by atoms with Crippen molar-refractivity contribution in [3.8, 4) is 11.5 Å². The number of thiazole rings is 1. The van der Waals surface area contributed by atoms with E-state index < -0.39 is 5.97 Å². The Kier molecular flexibility index (Phi) is 7.85. The fourth-order valence-corrected chi connectivity index (χ4v) is 4.03. The number of carboxylic acid groups (broad SMARTS) is 1. The van der Waals surface area contributed by atoms with E-state index in [-0.39, 0.29) is 6.42 Å².